The quantitative estimate of drug-likeness (QED) is 0.782. The Morgan fingerprint density at radius 2 is 2.07 bits per heavy atom. The van der Waals surface area contributed by atoms with Gasteiger partial charge in [0.05, 0.1) is 12.1 Å². The molecule has 2 fully saturated rings. The molecular weight excluding hydrogens is 378 g/mol. The fourth-order valence-corrected chi connectivity index (χ4v) is 5.22. The number of hydrogen-bond donors (Lipinski definition) is 2. The number of rotatable bonds is 5. The van der Waals surface area contributed by atoms with Crippen LogP contribution in [0.15, 0.2) is 24.3 Å². The van der Waals surface area contributed by atoms with Gasteiger partial charge in [0, 0.05) is 38.5 Å². The molecule has 2 heterocycles. The highest BCUT2D eigenvalue weighted by atomic mass is 35.5. The minimum Gasteiger partial charge on any atom is -0.378 e. The molecule has 28 heavy (non-hydrogen) atoms. The van der Waals surface area contributed by atoms with Crippen molar-refractivity contribution in [1.29, 1.82) is 0 Å². The number of fused-ring (bicyclic) bond motifs is 2. The molecule has 2 amide bonds. The third-order valence-electron chi connectivity index (χ3n) is 6.53. The SMILES string of the molecule is CO[C@H]1[C@H](NC(=O)CCN2CCCC2=O)c2ccccc2C12CCNCC2.Cl. The monoisotopic (exact) mass is 407 g/mol. The highest BCUT2D eigenvalue weighted by molar-refractivity contribution is 5.85. The van der Waals surface area contributed by atoms with Crippen molar-refractivity contribution in [3.63, 3.8) is 0 Å². The van der Waals surface area contributed by atoms with E-state index in [1.165, 1.54) is 11.1 Å². The number of methoxy groups -OCH3 is 1. The summed E-state index contributed by atoms with van der Waals surface area (Å²) < 4.78 is 5.99. The molecule has 2 atom stereocenters. The van der Waals surface area contributed by atoms with E-state index in [0.29, 0.717) is 19.4 Å². The Balaban J connectivity index is 0.00000225. The summed E-state index contributed by atoms with van der Waals surface area (Å²) in [6, 6.07) is 8.30. The second-order valence-corrected chi connectivity index (χ2v) is 7.93. The molecule has 4 rings (SSSR count). The maximum atomic E-state index is 12.7. The third-order valence-corrected chi connectivity index (χ3v) is 6.53. The van der Waals surface area contributed by atoms with Gasteiger partial charge in [0.1, 0.15) is 0 Å². The van der Waals surface area contributed by atoms with Crippen LogP contribution in [-0.2, 0) is 19.7 Å². The largest absolute Gasteiger partial charge is 0.378 e. The second kappa shape index (κ2) is 8.80. The number of halogens is 1. The van der Waals surface area contributed by atoms with Gasteiger partial charge in [0.2, 0.25) is 11.8 Å². The summed E-state index contributed by atoms with van der Waals surface area (Å²) in [5.74, 6) is 0.153. The first-order valence-electron chi connectivity index (χ1n) is 10.1. The van der Waals surface area contributed by atoms with Gasteiger partial charge in [-0.25, -0.2) is 0 Å². The smallest absolute Gasteiger partial charge is 0.222 e. The van der Waals surface area contributed by atoms with Gasteiger partial charge in [0.15, 0.2) is 0 Å². The Morgan fingerprint density at radius 3 is 2.75 bits per heavy atom. The normalized spacial score (nSPS) is 25.5. The van der Waals surface area contributed by atoms with Crippen LogP contribution in [0.5, 0.6) is 0 Å². The lowest BCUT2D eigenvalue weighted by molar-refractivity contribution is -0.128. The molecule has 3 aliphatic rings. The summed E-state index contributed by atoms with van der Waals surface area (Å²) in [7, 11) is 1.75. The zero-order valence-corrected chi connectivity index (χ0v) is 17.2. The van der Waals surface area contributed by atoms with Crippen molar-refractivity contribution in [3.8, 4) is 0 Å². The van der Waals surface area contributed by atoms with Crippen LogP contribution in [0.4, 0.5) is 0 Å². The molecule has 2 N–H and O–H groups in total. The zero-order chi connectivity index (χ0) is 18.9. The van der Waals surface area contributed by atoms with Gasteiger partial charge in [-0.1, -0.05) is 24.3 Å². The molecule has 0 unspecified atom stereocenters. The summed E-state index contributed by atoms with van der Waals surface area (Å²) >= 11 is 0. The van der Waals surface area contributed by atoms with Crippen LogP contribution < -0.4 is 10.6 Å². The number of piperidine rings is 1. The molecule has 0 saturated carbocycles. The second-order valence-electron chi connectivity index (χ2n) is 7.93. The number of hydrogen-bond acceptors (Lipinski definition) is 4. The van der Waals surface area contributed by atoms with Gasteiger partial charge in [-0.3, -0.25) is 9.59 Å². The van der Waals surface area contributed by atoms with Crippen LogP contribution >= 0.6 is 12.4 Å². The predicted octanol–water partition coefficient (Wildman–Crippen LogP) is 1.93. The summed E-state index contributed by atoms with van der Waals surface area (Å²) in [6.07, 6.45) is 3.82. The van der Waals surface area contributed by atoms with Crippen molar-refractivity contribution in [2.45, 2.75) is 49.7 Å². The van der Waals surface area contributed by atoms with E-state index in [1.54, 1.807) is 12.0 Å². The van der Waals surface area contributed by atoms with Crippen molar-refractivity contribution in [1.82, 2.24) is 15.5 Å². The molecule has 1 aromatic rings. The van der Waals surface area contributed by atoms with Gasteiger partial charge < -0.3 is 20.3 Å². The minimum atomic E-state index is -0.133. The molecular formula is C21H30ClN3O3. The molecule has 154 valence electrons. The molecule has 0 bridgehead atoms. The van der Waals surface area contributed by atoms with Gasteiger partial charge in [-0.15, -0.1) is 12.4 Å². The van der Waals surface area contributed by atoms with E-state index in [-0.39, 0.29) is 41.8 Å². The van der Waals surface area contributed by atoms with Gasteiger partial charge >= 0.3 is 0 Å². The summed E-state index contributed by atoms with van der Waals surface area (Å²) in [5.41, 5.74) is 2.45. The number of carbonyl (C=O) groups excluding carboxylic acids is 2. The van der Waals surface area contributed by atoms with Crippen LogP contribution in [0.1, 0.15) is 49.3 Å². The predicted molar refractivity (Wildman–Crippen MR) is 110 cm³/mol. The molecule has 7 heteroatoms. The first-order chi connectivity index (χ1) is 13.2. The van der Waals surface area contributed by atoms with Crippen LogP contribution in [0.25, 0.3) is 0 Å². The topological polar surface area (TPSA) is 70.7 Å². The van der Waals surface area contributed by atoms with Crippen molar-refractivity contribution in [2.75, 3.05) is 33.3 Å². The Morgan fingerprint density at radius 1 is 1.32 bits per heavy atom. The van der Waals surface area contributed by atoms with Crippen molar-refractivity contribution < 1.29 is 14.3 Å². The lowest BCUT2D eigenvalue weighted by Gasteiger charge is -2.40. The summed E-state index contributed by atoms with van der Waals surface area (Å²) in [5, 5.41) is 6.67. The molecule has 2 saturated heterocycles. The number of likely N-dealkylation sites (tertiary alicyclic amines) is 1. The standard InChI is InChI=1S/C21H29N3O3.ClH/c1-27-20-19(23-17(25)8-14-24-13-4-7-18(24)26)15-5-2-3-6-16(15)21(20)9-11-22-12-10-21;/h2-3,5-6,19-20,22H,4,7-14H2,1H3,(H,23,25);1H/t19-,20+;/m1./s1. The van der Waals surface area contributed by atoms with Crippen LogP contribution in [-0.4, -0.2) is 56.1 Å². The Bertz CT molecular complexity index is 721. The number of nitrogens with zero attached hydrogens (tertiary/aromatic N) is 1. The summed E-state index contributed by atoms with van der Waals surface area (Å²) in [4.78, 5) is 26.2. The number of nitrogens with one attached hydrogen (secondary N) is 2. The van der Waals surface area contributed by atoms with Crippen molar-refractivity contribution in [2.24, 2.45) is 0 Å². The fraction of sp³-hybridized carbons (Fsp3) is 0.619. The van der Waals surface area contributed by atoms with Crippen molar-refractivity contribution in [3.05, 3.63) is 35.4 Å². The van der Waals surface area contributed by atoms with Crippen LogP contribution in [0.2, 0.25) is 0 Å². The molecule has 1 aromatic carbocycles. The van der Waals surface area contributed by atoms with Crippen molar-refractivity contribution >= 4 is 24.2 Å². The molecule has 1 spiro atoms. The average molecular weight is 408 g/mol. The number of amides is 2. The summed E-state index contributed by atoms with van der Waals surface area (Å²) in [6.45, 7) is 3.21. The average Bonchev–Trinajstić information content (AvgIpc) is 3.21. The number of ether oxygens (including phenoxy) is 1. The van der Waals surface area contributed by atoms with Gasteiger partial charge in [-0.2, -0.15) is 0 Å². The van der Waals surface area contributed by atoms with Gasteiger partial charge in [-0.05, 0) is 43.5 Å². The first-order valence-corrected chi connectivity index (χ1v) is 10.1. The zero-order valence-electron chi connectivity index (χ0n) is 16.4. The minimum absolute atomic E-state index is 0. The Hall–Kier alpha value is -1.63. The molecule has 2 aliphatic heterocycles. The van der Waals surface area contributed by atoms with E-state index in [2.05, 4.69) is 28.8 Å². The lowest BCUT2D eigenvalue weighted by Crippen LogP contribution is -2.49. The number of carbonyl (C=O) groups is 2. The fourth-order valence-electron chi connectivity index (χ4n) is 5.22. The van der Waals surface area contributed by atoms with Crippen LogP contribution in [0, 0.1) is 0 Å². The van der Waals surface area contributed by atoms with E-state index in [9.17, 15) is 9.59 Å². The maximum Gasteiger partial charge on any atom is 0.222 e. The first kappa shape index (κ1) is 21.1. The van der Waals surface area contributed by atoms with E-state index >= 15 is 0 Å². The van der Waals surface area contributed by atoms with Crippen LogP contribution in [0.3, 0.4) is 0 Å². The van der Waals surface area contributed by atoms with Gasteiger partial charge in [0.25, 0.3) is 0 Å². The third kappa shape index (κ3) is 3.65. The van der Waals surface area contributed by atoms with E-state index in [1.807, 2.05) is 6.07 Å². The van der Waals surface area contributed by atoms with E-state index in [4.69, 9.17) is 4.74 Å². The maximum absolute atomic E-state index is 12.7. The highest BCUT2D eigenvalue weighted by Crippen LogP contribution is 2.51. The Kier molecular flexibility index (Phi) is 6.63. The molecule has 1 aliphatic carbocycles. The number of benzene rings is 1. The van der Waals surface area contributed by atoms with E-state index in [0.717, 1.165) is 38.9 Å². The van der Waals surface area contributed by atoms with E-state index < -0.39 is 0 Å². The molecule has 0 radical (unpaired) electrons. The lowest BCUT2D eigenvalue weighted by atomic mass is 9.72. The molecule has 0 aromatic heterocycles. The highest BCUT2D eigenvalue weighted by Gasteiger charge is 2.53. The molecule has 6 nitrogen and oxygen atoms in total. The Labute approximate surface area is 172 Å².